The van der Waals surface area contributed by atoms with E-state index in [1.54, 1.807) is 0 Å². The van der Waals surface area contributed by atoms with Crippen LogP contribution in [-0.4, -0.2) is 22.6 Å². The van der Waals surface area contributed by atoms with Crippen molar-refractivity contribution in [1.29, 1.82) is 0 Å². The van der Waals surface area contributed by atoms with Gasteiger partial charge in [-0.05, 0) is 19.9 Å². The molecule has 0 fully saturated rings. The molecule has 3 heteroatoms. The van der Waals surface area contributed by atoms with Crippen LogP contribution in [0.25, 0.3) is 0 Å². The zero-order chi connectivity index (χ0) is 11.8. The van der Waals surface area contributed by atoms with Gasteiger partial charge in [-0.3, -0.25) is 0 Å². The quantitative estimate of drug-likeness (QED) is 0.734. The third kappa shape index (κ3) is 3.97. The first-order chi connectivity index (χ1) is 7.81. The number of hydrogen-bond donors (Lipinski definition) is 1. The van der Waals surface area contributed by atoms with Crippen LogP contribution in [0.2, 0.25) is 0 Å². The summed E-state index contributed by atoms with van der Waals surface area (Å²) in [7, 11) is 2.05. The van der Waals surface area contributed by atoms with Crippen molar-refractivity contribution in [1.82, 2.24) is 14.9 Å². The lowest BCUT2D eigenvalue weighted by molar-refractivity contribution is 0.477. The SMILES string of the molecule is CCCCC(Cc1nccn1CCC)NC. The molecule has 0 aliphatic carbocycles. The summed E-state index contributed by atoms with van der Waals surface area (Å²) in [6.45, 7) is 5.53. The van der Waals surface area contributed by atoms with E-state index < -0.39 is 0 Å². The summed E-state index contributed by atoms with van der Waals surface area (Å²) in [6, 6.07) is 0.568. The topological polar surface area (TPSA) is 29.9 Å². The zero-order valence-electron chi connectivity index (χ0n) is 10.9. The summed E-state index contributed by atoms with van der Waals surface area (Å²) in [5.74, 6) is 1.22. The van der Waals surface area contributed by atoms with Crippen molar-refractivity contribution in [2.24, 2.45) is 0 Å². The van der Waals surface area contributed by atoms with Crippen molar-refractivity contribution in [2.45, 2.75) is 58.5 Å². The molecule has 1 aromatic rings. The number of unbranched alkanes of at least 4 members (excludes halogenated alkanes) is 1. The van der Waals surface area contributed by atoms with E-state index in [1.165, 1.54) is 31.5 Å². The van der Waals surface area contributed by atoms with Gasteiger partial charge in [-0.2, -0.15) is 0 Å². The average molecular weight is 223 g/mol. The van der Waals surface area contributed by atoms with Crippen LogP contribution in [0.3, 0.4) is 0 Å². The van der Waals surface area contributed by atoms with Gasteiger partial charge in [0.2, 0.25) is 0 Å². The van der Waals surface area contributed by atoms with Gasteiger partial charge in [0.15, 0.2) is 0 Å². The van der Waals surface area contributed by atoms with Gasteiger partial charge < -0.3 is 9.88 Å². The van der Waals surface area contributed by atoms with Gasteiger partial charge in [-0.15, -0.1) is 0 Å². The second-order valence-corrected chi connectivity index (χ2v) is 4.37. The van der Waals surface area contributed by atoms with Crippen LogP contribution in [-0.2, 0) is 13.0 Å². The lowest BCUT2D eigenvalue weighted by Gasteiger charge is -2.16. The molecule has 0 saturated heterocycles. The second-order valence-electron chi connectivity index (χ2n) is 4.37. The lowest BCUT2D eigenvalue weighted by Crippen LogP contribution is -2.28. The van der Waals surface area contributed by atoms with E-state index in [9.17, 15) is 0 Å². The predicted octanol–water partition coefficient (Wildman–Crippen LogP) is 2.61. The summed E-state index contributed by atoms with van der Waals surface area (Å²) >= 11 is 0. The van der Waals surface area contributed by atoms with E-state index >= 15 is 0 Å². The van der Waals surface area contributed by atoms with Gasteiger partial charge in [-0.1, -0.05) is 26.7 Å². The maximum atomic E-state index is 4.45. The molecule has 1 rings (SSSR count). The fraction of sp³-hybridized carbons (Fsp3) is 0.769. The molecule has 1 N–H and O–H groups in total. The molecule has 0 aliphatic heterocycles. The average Bonchev–Trinajstić information content (AvgIpc) is 2.72. The van der Waals surface area contributed by atoms with Crippen LogP contribution < -0.4 is 5.32 Å². The smallest absolute Gasteiger partial charge is 0.110 e. The molecule has 1 aromatic heterocycles. The van der Waals surface area contributed by atoms with Gasteiger partial charge in [0, 0.05) is 31.4 Å². The molecule has 0 aliphatic rings. The van der Waals surface area contributed by atoms with Crippen molar-refractivity contribution in [2.75, 3.05) is 7.05 Å². The Bertz CT molecular complexity index is 280. The molecular formula is C13H25N3. The highest BCUT2D eigenvalue weighted by atomic mass is 15.1. The van der Waals surface area contributed by atoms with Crippen LogP contribution in [0.15, 0.2) is 12.4 Å². The van der Waals surface area contributed by atoms with Crippen LogP contribution >= 0.6 is 0 Å². The van der Waals surface area contributed by atoms with Gasteiger partial charge in [0.1, 0.15) is 5.82 Å². The number of rotatable bonds is 8. The van der Waals surface area contributed by atoms with Gasteiger partial charge in [0.25, 0.3) is 0 Å². The summed E-state index contributed by atoms with van der Waals surface area (Å²) in [4.78, 5) is 4.45. The van der Waals surface area contributed by atoms with Crippen molar-refractivity contribution in [3.05, 3.63) is 18.2 Å². The Morgan fingerprint density at radius 2 is 2.19 bits per heavy atom. The number of aryl methyl sites for hydroxylation is 1. The molecule has 0 spiro atoms. The largest absolute Gasteiger partial charge is 0.335 e. The number of aromatic nitrogens is 2. The van der Waals surface area contributed by atoms with Gasteiger partial charge in [-0.25, -0.2) is 4.98 Å². The maximum absolute atomic E-state index is 4.45. The molecule has 3 nitrogen and oxygen atoms in total. The number of nitrogens with zero attached hydrogens (tertiary/aromatic N) is 2. The van der Waals surface area contributed by atoms with Gasteiger partial charge >= 0.3 is 0 Å². The van der Waals surface area contributed by atoms with Crippen molar-refractivity contribution < 1.29 is 0 Å². The lowest BCUT2D eigenvalue weighted by atomic mass is 10.1. The Kier molecular flexibility index (Phi) is 6.16. The Hall–Kier alpha value is -0.830. The summed E-state index contributed by atoms with van der Waals surface area (Å²) in [5.41, 5.74) is 0. The van der Waals surface area contributed by atoms with E-state index in [1.807, 2.05) is 13.2 Å². The molecule has 0 amide bonds. The first-order valence-corrected chi connectivity index (χ1v) is 6.49. The minimum atomic E-state index is 0.568. The standard InChI is InChI=1S/C13H25N3/c1-4-6-7-12(14-3)11-13-15-8-10-16(13)9-5-2/h8,10,12,14H,4-7,9,11H2,1-3H3. The summed E-state index contributed by atoms with van der Waals surface area (Å²) in [6.07, 6.45) is 10.0. The third-order valence-electron chi connectivity index (χ3n) is 3.01. The Balaban J connectivity index is 2.51. The van der Waals surface area contributed by atoms with Crippen LogP contribution in [0, 0.1) is 0 Å². The van der Waals surface area contributed by atoms with E-state index in [2.05, 4.69) is 34.9 Å². The highest BCUT2D eigenvalue weighted by Gasteiger charge is 2.10. The maximum Gasteiger partial charge on any atom is 0.110 e. The molecule has 0 bridgehead atoms. The molecule has 92 valence electrons. The zero-order valence-corrected chi connectivity index (χ0v) is 10.9. The van der Waals surface area contributed by atoms with E-state index in [-0.39, 0.29) is 0 Å². The number of hydrogen-bond acceptors (Lipinski definition) is 2. The van der Waals surface area contributed by atoms with Crippen LogP contribution in [0.4, 0.5) is 0 Å². The first-order valence-electron chi connectivity index (χ1n) is 6.49. The number of imidazole rings is 1. The minimum Gasteiger partial charge on any atom is -0.335 e. The molecule has 16 heavy (non-hydrogen) atoms. The Labute approximate surface area is 99.3 Å². The molecular weight excluding hydrogens is 198 g/mol. The van der Waals surface area contributed by atoms with Crippen molar-refractivity contribution in [3.63, 3.8) is 0 Å². The van der Waals surface area contributed by atoms with Crippen molar-refractivity contribution >= 4 is 0 Å². The number of nitrogens with one attached hydrogen (secondary N) is 1. The van der Waals surface area contributed by atoms with Crippen LogP contribution in [0.5, 0.6) is 0 Å². The minimum absolute atomic E-state index is 0.568. The van der Waals surface area contributed by atoms with Gasteiger partial charge in [0.05, 0.1) is 0 Å². The Morgan fingerprint density at radius 1 is 1.38 bits per heavy atom. The fourth-order valence-electron chi connectivity index (χ4n) is 1.99. The molecule has 1 heterocycles. The van der Waals surface area contributed by atoms with Crippen molar-refractivity contribution in [3.8, 4) is 0 Å². The molecule has 0 aromatic carbocycles. The molecule has 0 saturated carbocycles. The van der Waals surface area contributed by atoms with Crippen LogP contribution in [0.1, 0.15) is 45.4 Å². The first kappa shape index (κ1) is 13.2. The second kappa shape index (κ2) is 7.44. The number of likely N-dealkylation sites (N-methyl/N-ethyl adjacent to an activating group) is 1. The third-order valence-corrected chi connectivity index (χ3v) is 3.01. The Morgan fingerprint density at radius 3 is 2.81 bits per heavy atom. The summed E-state index contributed by atoms with van der Waals surface area (Å²) < 4.78 is 2.27. The van der Waals surface area contributed by atoms with E-state index in [0.717, 1.165) is 13.0 Å². The molecule has 1 unspecified atom stereocenters. The highest BCUT2D eigenvalue weighted by molar-refractivity contribution is 4.95. The molecule has 1 atom stereocenters. The highest BCUT2D eigenvalue weighted by Crippen LogP contribution is 2.08. The summed E-state index contributed by atoms with van der Waals surface area (Å²) in [5, 5.41) is 3.39. The monoisotopic (exact) mass is 223 g/mol. The normalized spacial score (nSPS) is 12.9. The molecule has 0 radical (unpaired) electrons. The predicted molar refractivity (Wildman–Crippen MR) is 68.6 cm³/mol. The fourth-order valence-corrected chi connectivity index (χ4v) is 1.99. The van der Waals surface area contributed by atoms with E-state index in [0.29, 0.717) is 6.04 Å². The van der Waals surface area contributed by atoms with E-state index in [4.69, 9.17) is 0 Å².